The monoisotopic (exact) mass is 295 g/mol. The van der Waals surface area contributed by atoms with Crippen molar-refractivity contribution >= 4 is 11.9 Å². The first-order valence-electron chi connectivity index (χ1n) is 8.62. The fourth-order valence-electron chi connectivity index (χ4n) is 4.04. The van der Waals surface area contributed by atoms with E-state index >= 15 is 0 Å². The van der Waals surface area contributed by atoms with Crippen molar-refractivity contribution in [3.05, 3.63) is 0 Å². The normalized spacial score (nSPS) is 23.2. The number of nitrogens with one attached hydrogen (secondary N) is 1. The van der Waals surface area contributed by atoms with Crippen LogP contribution in [0.25, 0.3) is 0 Å². The summed E-state index contributed by atoms with van der Waals surface area (Å²) in [5, 5.41) is 12.3. The molecular formula is C17H29NO3. The van der Waals surface area contributed by atoms with Gasteiger partial charge in [0.2, 0.25) is 5.91 Å². The van der Waals surface area contributed by atoms with Gasteiger partial charge < -0.3 is 10.4 Å². The van der Waals surface area contributed by atoms with Crippen molar-refractivity contribution in [1.29, 1.82) is 0 Å². The molecule has 120 valence electrons. The molecule has 2 N–H and O–H groups in total. The zero-order chi connectivity index (χ0) is 15.1. The highest BCUT2D eigenvalue weighted by Crippen LogP contribution is 2.32. The summed E-state index contributed by atoms with van der Waals surface area (Å²) in [5.41, 5.74) is -0.480. The molecule has 2 fully saturated rings. The summed E-state index contributed by atoms with van der Waals surface area (Å²) < 4.78 is 0. The van der Waals surface area contributed by atoms with Crippen molar-refractivity contribution < 1.29 is 14.7 Å². The topological polar surface area (TPSA) is 66.4 Å². The minimum absolute atomic E-state index is 0.0728. The summed E-state index contributed by atoms with van der Waals surface area (Å²) in [7, 11) is 0. The molecule has 0 unspecified atom stereocenters. The van der Waals surface area contributed by atoms with Gasteiger partial charge in [0.05, 0.1) is 12.0 Å². The van der Waals surface area contributed by atoms with Crippen molar-refractivity contribution in [2.24, 2.45) is 5.92 Å². The lowest BCUT2D eigenvalue weighted by atomic mass is 9.79. The Balaban J connectivity index is 1.89. The Morgan fingerprint density at radius 1 is 0.952 bits per heavy atom. The van der Waals surface area contributed by atoms with Gasteiger partial charge in [0, 0.05) is 6.42 Å². The third-order valence-corrected chi connectivity index (χ3v) is 5.15. The number of carboxylic acids is 1. The van der Waals surface area contributed by atoms with Gasteiger partial charge in [-0.2, -0.15) is 0 Å². The number of carbonyl (C=O) groups is 2. The number of aliphatic carboxylic acids is 1. The number of hydrogen-bond donors (Lipinski definition) is 2. The van der Waals surface area contributed by atoms with Crippen molar-refractivity contribution in [2.45, 2.75) is 89.0 Å². The quantitative estimate of drug-likeness (QED) is 0.761. The van der Waals surface area contributed by atoms with E-state index in [0.717, 1.165) is 44.9 Å². The van der Waals surface area contributed by atoms with Gasteiger partial charge in [0.1, 0.15) is 0 Å². The zero-order valence-corrected chi connectivity index (χ0v) is 13.0. The molecule has 2 rings (SSSR count). The Kier molecular flexibility index (Phi) is 6.07. The third-order valence-electron chi connectivity index (χ3n) is 5.15. The maximum atomic E-state index is 12.4. The van der Waals surface area contributed by atoms with E-state index in [2.05, 4.69) is 5.32 Å². The standard InChI is InChI=1S/C17H29NO3/c19-15(12-14-8-4-1-2-5-9-14)18-17(13-16(20)21)10-6-3-7-11-17/h14H,1-13H2,(H,18,19)(H,20,21). The van der Waals surface area contributed by atoms with E-state index in [0.29, 0.717) is 12.3 Å². The van der Waals surface area contributed by atoms with E-state index in [1.807, 2.05) is 0 Å². The van der Waals surface area contributed by atoms with E-state index in [4.69, 9.17) is 5.11 Å². The number of carboxylic acid groups (broad SMARTS) is 1. The van der Waals surface area contributed by atoms with Crippen LogP contribution >= 0.6 is 0 Å². The summed E-state index contributed by atoms with van der Waals surface area (Å²) in [6.45, 7) is 0. The Labute approximate surface area is 127 Å². The van der Waals surface area contributed by atoms with Crippen LogP contribution in [0, 0.1) is 5.92 Å². The van der Waals surface area contributed by atoms with E-state index in [1.54, 1.807) is 0 Å². The molecule has 1 amide bonds. The van der Waals surface area contributed by atoms with Gasteiger partial charge >= 0.3 is 5.97 Å². The van der Waals surface area contributed by atoms with Crippen molar-refractivity contribution in [1.82, 2.24) is 5.32 Å². The Morgan fingerprint density at radius 3 is 2.10 bits per heavy atom. The van der Waals surface area contributed by atoms with Crippen molar-refractivity contribution in [2.75, 3.05) is 0 Å². The van der Waals surface area contributed by atoms with E-state index < -0.39 is 11.5 Å². The van der Waals surface area contributed by atoms with Gasteiger partial charge in [-0.3, -0.25) is 9.59 Å². The van der Waals surface area contributed by atoms with Crippen LogP contribution in [0.4, 0.5) is 0 Å². The van der Waals surface area contributed by atoms with Crippen LogP contribution in [0.3, 0.4) is 0 Å². The molecule has 4 nitrogen and oxygen atoms in total. The van der Waals surface area contributed by atoms with Gasteiger partial charge in [-0.1, -0.05) is 44.9 Å². The highest BCUT2D eigenvalue weighted by atomic mass is 16.4. The highest BCUT2D eigenvalue weighted by molar-refractivity contribution is 5.78. The summed E-state index contributed by atoms with van der Waals surface area (Å²) in [5.74, 6) is -0.227. The molecule has 2 aliphatic carbocycles. The molecule has 2 saturated carbocycles. The SMILES string of the molecule is O=C(O)CC1(NC(=O)CC2CCCCCC2)CCCCC1. The summed E-state index contributed by atoms with van der Waals surface area (Å²) in [6.07, 6.45) is 12.8. The maximum Gasteiger partial charge on any atom is 0.305 e. The van der Waals surface area contributed by atoms with Crippen LogP contribution in [0.15, 0.2) is 0 Å². The molecule has 0 bridgehead atoms. The smallest absolute Gasteiger partial charge is 0.305 e. The lowest BCUT2D eigenvalue weighted by Gasteiger charge is -2.37. The predicted molar refractivity (Wildman–Crippen MR) is 82.0 cm³/mol. The number of rotatable bonds is 5. The van der Waals surface area contributed by atoms with Gasteiger partial charge in [0.25, 0.3) is 0 Å². The molecule has 0 atom stereocenters. The minimum atomic E-state index is -0.799. The summed E-state index contributed by atoms with van der Waals surface area (Å²) in [4.78, 5) is 23.5. The van der Waals surface area contributed by atoms with Crippen LogP contribution in [-0.2, 0) is 9.59 Å². The second kappa shape index (κ2) is 7.81. The van der Waals surface area contributed by atoms with Gasteiger partial charge in [0.15, 0.2) is 0 Å². The molecule has 0 heterocycles. The van der Waals surface area contributed by atoms with E-state index in [1.165, 1.54) is 25.7 Å². The summed E-state index contributed by atoms with van der Waals surface area (Å²) in [6, 6.07) is 0. The molecule has 0 aliphatic heterocycles. The molecule has 0 radical (unpaired) electrons. The lowest BCUT2D eigenvalue weighted by Crippen LogP contribution is -2.51. The molecule has 0 aromatic rings. The maximum absolute atomic E-state index is 12.4. The fourth-order valence-corrected chi connectivity index (χ4v) is 4.04. The summed E-state index contributed by atoms with van der Waals surface area (Å²) >= 11 is 0. The Morgan fingerprint density at radius 2 is 1.52 bits per heavy atom. The zero-order valence-electron chi connectivity index (χ0n) is 13.0. The molecule has 0 saturated heterocycles. The van der Waals surface area contributed by atoms with Crippen LogP contribution in [0.5, 0.6) is 0 Å². The average molecular weight is 295 g/mol. The minimum Gasteiger partial charge on any atom is -0.481 e. The van der Waals surface area contributed by atoms with Crippen LogP contribution in [-0.4, -0.2) is 22.5 Å². The first-order valence-corrected chi connectivity index (χ1v) is 8.62. The molecule has 21 heavy (non-hydrogen) atoms. The van der Waals surface area contributed by atoms with Crippen molar-refractivity contribution in [3.8, 4) is 0 Å². The first kappa shape index (κ1) is 16.3. The van der Waals surface area contributed by atoms with Crippen molar-refractivity contribution in [3.63, 3.8) is 0 Å². The fraction of sp³-hybridized carbons (Fsp3) is 0.882. The largest absolute Gasteiger partial charge is 0.481 e. The Bertz CT molecular complexity index is 353. The number of hydrogen-bond acceptors (Lipinski definition) is 2. The van der Waals surface area contributed by atoms with Gasteiger partial charge in [-0.25, -0.2) is 0 Å². The van der Waals surface area contributed by atoms with Crippen LogP contribution in [0.2, 0.25) is 0 Å². The Hall–Kier alpha value is -1.06. The highest BCUT2D eigenvalue weighted by Gasteiger charge is 2.36. The molecule has 0 spiro atoms. The van der Waals surface area contributed by atoms with E-state index in [-0.39, 0.29) is 12.3 Å². The molecule has 0 aromatic heterocycles. The molecule has 0 aromatic carbocycles. The lowest BCUT2D eigenvalue weighted by molar-refractivity contribution is -0.139. The molecular weight excluding hydrogens is 266 g/mol. The van der Waals surface area contributed by atoms with E-state index in [9.17, 15) is 9.59 Å². The number of amides is 1. The number of carbonyl (C=O) groups excluding carboxylic acids is 1. The van der Waals surface area contributed by atoms with Gasteiger partial charge in [-0.05, 0) is 31.6 Å². The predicted octanol–water partition coefficient (Wildman–Crippen LogP) is 3.64. The molecule has 2 aliphatic rings. The first-order chi connectivity index (χ1) is 10.1. The molecule has 4 heteroatoms. The van der Waals surface area contributed by atoms with Crippen LogP contribution in [0.1, 0.15) is 83.5 Å². The second-order valence-corrected chi connectivity index (χ2v) is 7.02. The van der Waals surface area contributed by atoms with Gasteiger partial charge in [-0.15, -0.1) is 0 Å². The second-order valence-electron chi connectivity index (χ2n) is 7.02. The third kappa shape index (κ3) is 5.33. The van der Waals surface area contributed by atoms with Crippen LogP contribution < -0.4 is 5.32 Å². The average Bonchev–Trinajstić information content (AvgIpc) is 2.67.